The highest BCUT2D eigenvalue weighted by Crippen LogP contribution is 2.16. The van der Waals surface area contributed by atoms with Crippen molar-refractivity contribution < 1.29 is 17.2 Å². The van der Waals surface area contributed by atoms with Crippen molar-refractivity contribution in [2.75, 3.05) is 6.54 Å². The quantitative estimate of drug-likeness (QED) is 0.810. The van der Waals surface area contributed by atoms with Gasteiger partial charge in [-0.15, -0.1) is 0 Å². The minimum atomic E-state index is -3.89. The van der Waals surface area contributed by atoms with E-state index in [0.29, 0.717) is 6.54 Å². The van der Waals surface area contributed by atoms with Crippen LogP contribution in [0, 0.1) is 6.92 Å². The Morgan fingerprint density at radius 3 is 2.45 bits per heavy atom. The molecule has 1 aromatic carbocycles. The molecule has 0 aliphatic heterocycles. The average molecular weight is 306 g/mol. The summed E-state index contributed by atoms with van der Waals surface area (Å²) in [7, 11) is -3.89. The number of hydrogen-bond donors (Lipinski definition) is 2. The number of nitrogens with one attached hydrogen (secondary N) is 2. The monoisotopic (exact) mass is 306 g/mol. The maximum Gasteiger partial charge on any atom is 0.251 e. The summed E-state index contributed by atoms with van der Waals surface area (Å²) in [6.07, 6.45) is -2.71. The number of rotatable bonds is 7. The zero-order chi connectivity index (χ0) is 15.3. The van der Waals surface area contributed by atoms with Crippen LogP contribution in [0.2, 0.25) is 0 Å². The van der Waals surface area contributed by atoms with E-state index in [1.54, 1.807) is 6.07 Å². The fraction of sp³-hybridized carbons (Fsp3) is 0.538. The lowest BCUT2D eigenvalue weighted by Crippen LogP contribution is -2.29. The highest BCUT2D eigenvalue weighted by Gasteiger charge is 2.17. The van der Waals surface area contributed by atoms with Crippen molar-refractivity contribution in [2.45, 2.75) is 44.7 Å². The Labute approximate surface area is 118 Å². The van der Waals surface area contributed by atoms with Crippen LogP contribution < -0.4 is 10.0 Å². The molecule has 0 fully saturated rings. The predicted molar refractivity (Wildman–Crippen MR) is 74.3 cm³/mol. The minimum absolute atomic E-state index is 0.00399. The molecule has 2 N–H and O–H groups in total. The molecule has 0 unspecified atom stereocenters. The van der Waals surface area contributed by atoms with Gasteiger partial charge in [-0.25, -0.2) is 21.9 Å². The molecule has 0 spiro atoms. The van der Waals surface area contributed by atoms with Gasteiger partial charge in [-0.3, -0.25) is 0 Å². The van der Waals surface area contributed by atoms with E-state index in [4.69, 9.17) is 0 Å². The second kappa shape index (κ2) is 7.10. The topological polar surface area (TPSA) is 58.2 Å². The molecule has 4 nitrogen and oxygen atoms in total. The number of halogens is 2. The fourth-order valence-electron chi connectivity index (χ4n) is 1.58. The molecule has 1 aromatic rings. The van der Waals surface area contributed by atoms with Gasteiger partial charge < -0.3 is 5.32 Å². The summed E-state index contributed by atoms with van der Waals surface area (Å²) in [5.41, 5.74) is 1.78. The van der Waals surface area contributed by atoms with Crippen molar-refractivity contribution in [1.82, 2.24) is 10.0 Å². The van der Waals surface area contributed by atoms with Crippen LogP contribution in [0.4, 0.5) is 8.78 Å². The van der Waals surface area contributed by atoms with Crippen LogP contribution in [0.25, 0.3) is 0 Å². The van der Waals surface area contributed by atoms with Crippen LogP contribution in [-0.4, -0.2) is 27.4 Å². The summed E-state index contributed by atoms with van der Waals surface area (Å²) in [6, 6.07) is 4.88. The van der Waals surface area contributed by atoms with Crippen LogP contribution in [-0.2, 0) is 16.6 Å². The van der Waals surface area contributed by atoms with Gasteiger partial charge in [-0.1, -0.05) is 19.9 Å². The van der Waals surface area contributed by atoms with Gasteiger partial charge in [0.1, 0.15) is 0 Å². The van der Waals surface area contributed by atoms with Crippen molar-refractivity contribution >= 4 is 10.0 Å². The van der Waals surface area contributed by atoms with Crippen molar-refractivity contribution in [3.8, 4) is 0 Å². The molecule has 0 heterocycles. The molecule has 20 heavy (non-hydrogen) atoms. The van der Waals surface area contributed by atoms with E-state index in [2.05, 4.69) is 5.32 Å². The first-order valence-electron chi connectivity index (χ1n) is 6.33. The fourth-order valence-corrected chi connectivity index (χ4v) is 2.63. The second-order valence-electron chi connectivity index (χ2n) is 4.87. The third-order valence-electron chi connectivity index (χ3n) is 2.76. The Balaban J connectivity index is 2.93. The molecule has 0 atom stereocenters. The predicted octanol–water partition coefficient (Wildman–Crippen LogP) is 2.04. The van der Waals surface area contributed by atoms with Crippen molar-refractivity contribution in [1.29, 1.82) is 0 Å². The van der Waals surface area contributed by atoms with Gasteiger partial charge in [-0.2, -0.15) is 0 Å². The van der Waals surface area contributed by atoms with Gasteiger partial charge in [0.2, 0.25) is 10.0 Å². The van der Waals surface area contributed by atoms with Gasteiger partial charge >= 0.3 is 0 Å². The number of sulfonamides is 1. The molecule has 0 amide bonds. The molecule has 0 bridgehead atoms. The molecule has 7 heteroatoms. The lowest BCUT2D eigenvalue weighted by molar-refractivity contribution is 0.153. The highest BCUT2D eigenvalue weighted by molar-refractivity contribution is 7.89. The molecule has 0 saturated carbocycles. The normalized spacial score (nSPS) is 12.3. The Kier molecular flexibility index (Phi) is 6.04. The first kappa shape index (κ1) is 17.0. The molecular weight excluding hydrogens is 286 g/mol. The van der Waals surface area contributed by atoms with Gasteiger partial charge in [0.05, 0.1) is 11.4 Å². The van der Waals surface area contributed by atoms with Crippen LogP contribution in [0.1, 0.15) is 25.0 Å². The van der Waals surface area contributed by atoms with E-state index in [1.807, 2.05) is 25.5 Å². The number of hydrogen-bond acceptors (Lipinski definition) is 3. The largest absolute Gasteiger partial charge is 0.310 e. The second-order valence-corrected chi connectivity index (χ2v) is 6.63. The van der Waals surface area contributed by atoms with Crippen LogP contribution in [0.5, 0.6) is 0 Å². The summed E-state index contributed by atoms with van der Waals surface area (Å²) in [6.45, 7) is 5.50. The molecule has 1 rings (SSSR count). The first-order chi connectivity index (χ1) is 9.22. The molecule has 0 aliphatic rings. The van der Waals surface area contributed by atoms with Crippen LogP contribution >= 0.6 is 0 Å². The number of alkyl halides is 2. The van der Waals surface area contributed by atoms with Crippen molar-refractivity contribution in [3.05, 3.63) is 29.3 Å². The SMILES string of the molecule is Cc1ccc(S(=O)(=O)NCC(F)F)cc1CNC(C)C. The lowest BCUT2D eigenvalue weighted by Gasteiger charge is -2.13. The third kappa shape index (κ3) is 5.15. The Morgan fingerprint density at radius 2 is 1.90 bits per heavy atom. The van der Waals surface area contributed by atoms with Gasteiger partial charge in [0.15, 0.2) is 0 Å². The molecule has 0 radical (unpaired) electrons. The average Bonchev–Trinajstić information content (AvgIpc) is 2.35. The van der Waals surface area contributed by atoms with Crippen LogP contribution in [0.3, 0.4) is 0 Å². The van der Waals surface area contributed by atoms with E-state index in [-0.39, 0.29) is 10.9 Å². The molecule has 114 valence electrons. The molecule has 0 aliphatic carbocycles. The molecule has 0 aromatic heterocycles. The number of benzene rings is 1. The first-order valence-corrected chi connectivity index (χ1v) is 7.81. The van der Waals surface area contributed by atoms with E-state index < -0.39 is 23.0 Å². The summed E-state index contributed by atoms with van der Waals surface area (Å²) in [4.78, 5) is 0.00399. The Hall–Kier alpha value is -1.05. The smallest absolute Gasteiger partial charge is 0.251 e. The van der Waals surface area contributed by atoms with Gasteiger partial charge in [0.25, 0.3) is 6.43 Å². The van der Waals surface area contributed by atoms with E-state index in [0.717, 1.165) is 11.1 Å². The maximum absolute atomic E-state index is 12.1. The Bertz CT molecular complexity index is 545. The van der Waals surface area contributed by atoms with Crippen molar-refractivity contribution in [3.63, 3.8) is 0 Å². The van der Waals surface area contributed by atoms with E-state index in [1.165, 1.54) is 12.1 Å². The zero-order valence-electron chi connectivity index (χ0n) is 11.8. The summed E-state index contributed by atoms with van der Waals surface area (Å²) in [5.74, 6) is 0. The van der Waals surface area contributed by atoms with Crippen molar-refractivity contribution in [2.24, 2.45) is 0 Å². The number of aryl methyl sites for hydroxylation is 1. The van der Waals surface area contributed by atoms with E-state index >= 15 is 0 Å². The zero-order valence-corrected chi connectivity index (χ0v) is 12.6. The summed E-state index contributed by atoms with van der Waals surface area (Å²) < 4.78 is 49.8. The summed E-state index contributed by atoms with van der Waals surface area (Å²) in [5, 5.41) is 3.20. The van der Waals surface area contributed by atoms with Gasteiger partial charge in [-0.05, 0) is 30.2 Å². The highest BCUT2D eigenvalue weighted by atomic mass is 32.2. The molecule has 0 saturated heterocycles. The minimum Gasteiger partial charge on any atom is -0.310 e. The van der Waals surface area contributed by atoms with Gasteiger partial charge in [0, 0.05) is 12.6 Å². The van der Waals surface area contributed by atoms with E-state index in [9.17, 15) is 17.2 Å². The lowest BCUT2D eigenvalue weighted by atomic mass is 10.1. The molecular formula is C13H20F2N2O2S. The maximum atomic E-state index is 12.1. The third-order valence-corrected chi connectivity index (χ3v) is 4.18. The summed E-state index contributed by atoms with van der Waals surface area (Å²) >= 11 is 0. The standard InChI is InChI=1S/C13H20F2N2O2S/c1-9(2)16-7-11-6-12(5-4-10(11)3)20(18,19)17-8-13(14)15/h4-6,9,13,16-17H,7-8H2,1-3H3. The van der Waals surface area contributed by atoms with Crippen LogP contribution in [0.15, 0.2) is 23.1 Å². The Morgan fingerprint density at radius 1 is 1.25 bits per heavy atom.